The van der Waals surface area contributed by atoms with E-state index in [-0.39, 0.29) is 16.9 Å². The van der Waals surface area contributed by atoms with Crippen LogP contribution in [0, 0.1) is 10.1 Å². The summed E-state index contributed by atoms with van der Waals surface area (Å²) in [6.07, 6.45) is 0. The van der Waals surface area contributed by atoms with Gasteiger partial charge in [-0.3, -0.25) is 14.9 Å². The molecule has 0 N–H and O–H groups in total. The minimum absolute atomic E-state index is 0.00435. The first-order valence-corrected chi connectivity index (χ1v) is 7.38. The highest BCUT2D eigenvalue weighted by atomic mass is 79.9. The van der Waals surface area contributed by atoms with Crippen LogP contribution in [-0.4, -0.2) is 16.2 Å². The summed E-state index contributed by atoms with van der Waals surface area (Å²) in [5.41, 5.74) is 1.63. The predicted octanol–water partition coefficient (Wildman–Crippen LogP) is 3.52. The summed E-state index contributed by atoms with van der Waals surface area (Å²) in [4.78, 5) is 23.9. The molecule has 0 unspecified atom stereocenters. The van der Waals surface area contributed by atoms with Gasteiger partial charge in [0.1, 0.15) is 0 Å². The van der Waals surface area contributed by atoms with E-state index in [1.807, 2.05) is 30.3 Å². The molecular weight excluding hydrogens is 336 g/mol. The van der Waals surface area contributed by atoms with Gasteiger partial charge in [0.2, 0.25) is 5.91 Å². The molecule has 0 saturated carbocycles. The van der Waals surface area contributed by atoms with Gasteiger partial charge < -0.3 is 4.90 Å². The van der Waals surface area contributed by atoms with Gasteiger partial charge >= 0.3 is 0 Å². The number of rotatable bonds is 5. The van der Waals surface area contributed by atoms with Gasteiger partial charge in [0.25, 0.3) is 5.69 Å². The fourth-order valence-electron chi connectivity index (χ4n) is 1.92. The summed E-state index contributed by atoms with van der Waals surface area (Å²) >= 11 is 3.16. The summed E-state index contributed by atoms with van der Waals surface area (Å²) in [7, 11) is 0. The van der Waals surface area contributed by atoms with Crippen LogP contribution in [0.3, 0.4) is 0 Å². The van der Waals surface area contributed by atoms with Crippen molar-refractivity contribution >= 4 is 33.2 Å². The smallest absolute Gasteiger partial charge is 0.269 e. The first-order chi connectivity index (χ1) is 10.1. The van der Waals surface area contributed by atoms with Crippen molar-refractivity contribution in [3.63, 3.8) is 0 Å². The van der Waals surface area contributed by atoms with Crippen molar-refractivity contribution in [2.75, 3.05) is 10.2 Å². The van der Waals surface area contributed by atoms with Crippen LogP contribution >= 0.6 is 15.9 Å². The molecule has 108 valence electrons. The Morgan fingerprint density at radius 2 is 1.71 bits per heavy atom. The van der Waals surface area contributed by atoms with Gasteiger partial charge in [0.15, 0.2) is 0 Å². The third-order valence-corrected chi connectivity index (χ3v) is 3.45. The fourth-order valence-corrected chi connectivity index (χ4v) is 2.22. The molecular formula is C15H13BrN2O3. The topological polar surface area (TPSA) is 63.5 Å². The summed E-state index contributed by atoms with van der Waals surface area (Å²) in [5, 5.41) is 10.9. The Labute approximate surface area is 130 Å². The summed E-state index contributed by atoms with van der Waals surface area (Å²) < 4.78 is 0. The third kappa shape index (κ3) is 3.88. The number of nitrogens with zero attached hydrogens (tertiary/aromatic N) is 2. The second-order valence-electron chi connectivity index (χ2n) is 4.37. The second-order valence-corrected chi connectivity index (χ2v) is 4.93. The number of hydrogen-bond acceptors (Lipinski definition) is 3. The molecule has 0 bridgehead atoms. The van der Waals surface area contributed by atoms with E-state index < -0.39 is 4.92 Å². The molecule has 0 radical (unpaired) electrons. The van der Waals surface area contributed by atoms with E-state index in [0.717, 1.165) is 5.56 Å². The van der Waals surface area contributed by atoms with Gasteiger partial charge in [-0.1, -0.05) is 46.3 Å². The molecule has 0 aromatic heterocycles. The molecule has 21 heavy (non-hydrogen) atoms. The monoisotopic (exact) mass is 348 g/mol. The lowest BCUT2D eigenvalue weighted by atomic mass is 10.2. The van der Waals surface area contributed by atoms with Crippen molar-refractivity contribution in [1.29, 1.82) is 0 Å². The molecule has 2 aromatic rings. The Morgan fingerprint density at radius 3 is 2.24 bits per heavy atom. The van der Waals surface area contributed by atoms with Crippen LogP contribution in [0.1, 0.15) is 5.56 Å². The van der Waals surface area contributed by atoms with Crippen molar-refractivity contribution in [3.05, 3.63) is 70.3 Å². The highest BCUT2D eigenvalue weighted by Gasteiger charge is 2.16. The Kier molecular flexibility index (Phi) is 5.05. The number of benzene rings is 2. The van der Waals surface area contributed by atoms with Crippen LogP contribution in [-0.2, 0) is 11.3 Å². The number of carbonyl (C=O) groups excluding carboxylic acids is 1. The SMILES string of the molecule is O=C(CBr)N(Cc1ccccc1)c1ccc([N+](=O)[O-])cc1. The van der Waals surface area contributed by atoms with Crippen LogP contribution in [0.15, 0.2) is 54.6 Å². The van der Waals surface area contributed by atoms with Crippen molar-refractivity contribution in [2.45, 2.75) is 6.54 Å². The maximum Gasteiger partial charge on any atom is 0.269 e. The van der Waals surface area contributed by atoms with Crippen LogP contribution < -0.4 is 4.90 Å². The number of alkyl halides is 1. The fraction of sp³-hybridized carbons (Fsp3) is 0.133. The molecule has 2 aromatic carbocycles. The lowest BCUT2D eigenvalue weighted by molar-refractivity contribution is -0.384. The number of nitro benzene ring substituents is 1. The molecule has 0 aliphatic heterocycles. The van der Waals surface area contributed by atoms with E-state index in [9.17, 15) is 14.9 Å². The van der Waals surface area contributed by atoms with Crippen LogP contribution in [0.5, 0.6) is 0 Å². The predicted molar refractivity (Wildman–Crippen MR) is 84.5 cm³/mol. The normalized spacial score (nSPS) is 10.1. The molecule has 0 fully saturated rings. The lowest BCUT2D eigenvalue weighted by Crippen LogP contribution is -2.31. The number of halogens is 1. The molecule has 1 amide bonds. The molecule has 0 aliphatic rings. The van der Waals surface area contributed by atoms with E-state index in [4.69, 9.17) is 0 Å². The summed E-state index contributed by atoms with van der Waals surface area (Å²) in [5.74, 6) is -0.104. The molecule has 2 rings (SSSR count). The standard InChI is InChI=1S/C15H13BrN2O3/c16-10-15(19)17(11-12-4-2-1-3-5-12)13-6-8-14(9-7-13)18(20)21/h1-9H,10-11H2. The first-order valence-electron chi connectivity index (χ1n) is 6.26. The van der Waals surface area contributed by atoms with E-state index >= 15 is 0 Å². The number of carbonyl (C=O) groups is 1. The first kappa shape index (κ1) is 15.2. The minimum Gasteiger partial charge on any atom is -0.307 e. The van der Waals surface area contributed by atoms with E-state index in [1.54, 1.807) is 17.0 Å². The van der Waals surface area contributed by atoms with Crippen LogP contribution in [0.2, 0.25) is 0 Å². The average molecular weight is 349 g/mol. The van der Waals surface area contributed by atoms with Gasteiger partial charge in [-0.05, 0) is 17.7 Å². The number of non-ortho nitro benzene ring substituents is 1. The number of anilines is 1. The van der Waals surface area contributed by atoms with Gasteiger partial charge in [-0.25, -0.2) is 0 Å². The summed E-state index contributed by atoms with van der Waals surface area (Å²) in [6, 6.07) is 15.5. The molecule has 0 heterocycles. The molecule has 0 atom stereocenters. The molecule has 0 aliphatic carbocycles. The lowest BCUT2D eigenvalue weighted by Gasteiger charge is -2.22. The van der Waals surface area contributed by atoms with E-state index in [1.165, 1.54) is 12.1 Å². The minimum atomic E-state index is -0.461. The van der Waals surface area contributed by atoms with E-state index in [0.29, 0.717) is 12.2 Å². The maximum absolute atomic E-state index is 12.1. The van der Waals surface area contributed by atoms with Crippen molar-refractivity contribution < 1.29 is 9.72 Å². The number of amides is 1. The second kappa shape index (κ2) is 6.99. The van der Waals surface area contributed by atoms with Crippen LogP contribution in [0.4, 0.5) is 11.4 Å². The van der Waals surface area contributed by atoms with Gasteiger partial charge in [-0.15, -0.1) is 0 Å². The Hall–Kier alpha value is -2.21. The Balaban J connectivity index is 2.27. The molecule has 6 heteroatoms. The van der Waals surface area contributed by atoms with Crippen molar-refractivity contribution in [3.8, 4) is 0 Å². The van der Waals surface area contributed by atoms with Gasteiger partial charge in [-0.2, -0.15) is 0 Å². The quantitative estimate of drug-likeness (QED) is 0.471. The van der Waals surface area contributed by atoms with Crippen molar-refractivity contribution in [1.82, 2.24) is 0 Å². The summed E-state index contributed by atoms with van der Waals surface area (Å²) in [6.45, 7) is 0.420. The zero-order valence-corrected chi connectivity index (χ0v) is 12.7. The largest absolute Gasteiger partial charge is 0.307 e. The zero-order chi connectivity index (χ0) is 15.2. The zero-order valence-electron chi connectivity index (χ0n) is 11.1. The molecule has 5 nitrogen and oxygen atoms in total. The highest BCUT2D eigenvalue weighted by Crippen LogP contribution is 2.21. The highest BCUT2D eigenvalue weighted by molar-refractivity contribution is 9.09. The average Bonchev–Trinajstić information content (AvgIpc) is 2.53. The van der Waals surface area contributed by atoms with E-state index in [2.05, 4.69) is 15.9 Å². The Morgan fingerprint density at radius 1 is 1.10 bits per heavy atom. The van der Waals surface area contributed by atoms with Gasteiger partial charge in [0.05, 0.1) is 16.8 Å². The third-order valence-electron chi connectivity index (χ3n) is 2.97. The van der Waals surface area contributed by atoms with Gasteiger partial charge in [0, 0.05) is 17.8 Å². The van der Waals surface area contributed by atoms with Crippen LogP contribution in [0.25, 0.3) is 0 Å². The Bertz CT molecular complexity index is 629. The van der Waals surface area contributed by atoms with Crippen molar-refractivity contribution in [2.24, 2.45) is 0 Å². The number of nitro groups is 1. The molecule has 0 spiro atoms. The maximum atomic E-state index is 12.1. The molecule has 0 saturated heterocycles. The number of hydrogen-bond donors (Lipinski definition) is 0.